The molecule has 1 fully saturated rings. The molecule has 2 atom stereocenters. The van der Waals surface area contributed by atoms with Crippen LogP contribution in [-0.4, -0.2) is 31.9 Å². The van der Waals surface area contributed by atoms with Crippen molar-refractivity contribution in [2.45, 2.75) is 19.8 Å². The van der Waals surface area contributed by atoms with E-state index in [4.69, 9.17) is 9.47 Å². The highest BCUT2D eigenvalue weighted by atomic mass is 16.5. The van der Waals surface area contributed by atoms with Crippen LogP contribution >= 0.6 is 0 Å². The summed E-state index contributed by atoms with van der Waals surface area (Å²) in [6.07, 6.45) is 0.491. The van der Waals surface area contributed by atoms with E-state index in [0.29, 0.717) is 12.0 Å². The van der Waals surface area contributed by atoms with Gasteiger partial charge in [-0.2, -0.15) is 0 Å². The second-order valence-corrected chi connectivity index (χ2v) is 6.42. The molecule has 0 amide bonds. The summed E-state index contributed by atoms with van der Waals surface area (Å²) in [6, 6.07) is 9.38. The Balaban J connectivity index is 2.15. The van der Waals surface area contributed by atoms with Crippen molar-refractivity contribution in [1.29, 1.82) is 0 Å². The molecule has 0 radical (unpaired) electrons. The van der Waals surface area contributed by atoms with E-state index in [9.17, 15) is 14.4 Å². The van der Waals surface area contributed by atoms with Gasteiger partial charge in [0.2, 0.25) is 0 Å². The first-order valence-corrected chi connectivity index (χ1v) is 7.95. The van der Waals surface area contributed by atoms with E-state index in [2.05, 4.69) is 0 Å². The molecule has 126 valence electrons. The van der Waals surface area contributed by atoms with Crippen LogP contribution < -0.4 is 0 Å². The molecule has 1 aromatic rings. The summed E-state index contributed by atoms with van der Waals surface area (Å²) in [6.45, 7) is 1.83. The van der Waals surface area contributed by atoms with E-state index >= 15 is 0 Å². The largest absolute Gasteiger partial charge is 0.468 e. The number of fused-ring (bicyclic) bond motifs is 1. The highest BCUT2D eigenvalue weighted by Gasteiger charge is 2.62. The van der Waals surface area contributed by atoms with Crippen molar-refractivity contribution >= 4 is 23.3 Å². The maximum atomic E-state index is 12.5. The molecule has 1 saturated carbocycles. The minimum atomic E-state index is -1.37. The summed E-state index contributed by atoms with van der Waals surface area (Å²) >= 11 is 0. The molecule has 0 unspecified atom stereocenters. The number of ketones is 1. The number of carbonyl (C=O) groups is 3. The minimum absolute atomic E-state index is 0.0661. The Morgan fingerprint density at radius 2 is 1.67 bits per heavy atom. The number of ether oxygens (including phenoxy) is 2. The van der Waals surface area contributed by atoms with Crippen LogP contribution in [0.5, 0.6) is 0 Å². The lowest BCUT2D eigenvalue weighted by Gasteiger charge is -2.29. The van der Waals surface area contributed by atoms with Crippen LogP contribution in [0.15, 0.2) is 35.9 Å². The molecular formula is C19H20O5. The molecule has 24 heavy (non-hydrogen) atoms. The molecular weight excluding hydrogens is 308 g/mol. The van der Waals surface area contributed by atoms with Gasteiger partial charge in [-0.15, -0.1) is 0 Å². The third-order valence-electron chi connectivity index (χ3n) is 5.46. The molecule has 0 aliphatic heterocycles. The molecule has 0 bridgehead atoms. The average Bonchev–Trinajstić information content (AvgIpc) is 3.07. The highest BCUT2D eigenvalue weighted by Crippen LogP contribution is 2.57. The van der Waals surface area contributed by atoms with Crippen LogP contribution in [0.2, 0.25) is 0 Å². The fourth-order valence-corrected chi connectivity index (χ4v) is 4.21. The Labute approximate surface area is 140 Å². The monoisotopic (exact) mass is 328 g/mol. The topological polar surface area (TPSA) is 69.7 Å². The quantitative estimate of drug-likeness (QED) is 0.629. The number of Topliss-reactive ketones (excluding diaryl/α,β-unsaturated/α-hetero) is 1. The predicted molar refractivity (Wildman–Crippen MR) is 86.7 cm³/mol. The van der Waals surface area contributed by atoms with Gasteiger partial charge in [0.15, 0.2) is 11.2 Å². The Morgan fingerprint density at radius 3 is 2.21 bits per heavy atom. The van der Waals surface area contributed by atoms with Gasteiger partial charge in [-0.3, -0.25) is 14.4 Å². The van der Waals surface area contributed by atoms with Crippen LogP contribution in [-0.2, 0) is 23.9 Å². The fourth-order valence-electron chi connectivity index (χ4n) is 4.21. The zero-order valence-electron chi connectivity index (χ0n) is 14.0. The number of benzene rings is 1. The summed E-state index contributed by atoms with van der Waals surface area (Å²) in [5, 5.41) is 0. The number of methoxy groups -OCH3 is 2. The van der Waals surface area contributed by atoms with Crippen molar-refractivity contribution < 1.29 is 23.9 Å². The summed E-state index contributed by atoms with van der Waals surface area (Å²) < 4.78 is 9.83. The molecule has 0 N–H and O–H groups in total. The van der Waals surface area contributed by atoms with E-state index in [0.717, 1.165) is 11.1 Å². The molecule has 5 heteroatoms. The first-order valence-electron chi connectivity index (χ1n) is 7.95. The molecule has 2 aliphatic rings. The minimum Gasteiger partial charge on any atom is -0.468 e. The van der Waals surface area contributed by atoms with E-state index in [-0.39, 0.29) is 24.0 Å². The number of hydrogen-bond acceptors (Lipinski definition) is 5. The zero-order chi connectivity index (χ0) is 17.5. The standard InChI is InChI=1S/C19H20O5/c1-11-13-9-15(20)16(12-7-5-4-6-8-12)14(13)10-19(11,17(21)23-2)18(22)24-3/h4-8,11,13H,9-10H2,1-3H3/t11-,13+/m1/s1. The smallest absolute Gasteiger partial charge is 0.323 e. The molecule has 3 rings (SSSR count). The van der Waals surface area contributed by atoms with Gasteiger partial charge in [0.25, 0.3) is 0 Å². The van der Waals surface area contributed by atoms with E-state index in [1.807, 2.05) is 37.3 Å². The lowest BCUT2D eigenvalue weighted by atomic mass is 9.75. The Hall–Kier alpha value is -2.43. The second kappa shape index (κ2) is 5.89. The fraction of sp³-hybridized carbons (Fsp3) is 0.421. The molecule has 0 saturated heterocycles. The Kier molecular flexibility index (Phi) is 4.03. The number of rotatable bonds is 3. The number of allylic oxidation sites excluding steroid dienone is 2. The van der Waals surface area contributed by atoms with Crippen LogP contribution in [0.25, 0.3) is 5.57 Å². The van der Waals surface area contributed by atoms with Crippen molar-refractivity contribution in [3.8, 4) is 0 Å². The first-order chi connectivity index (χ1) is 11.5. The van der Waals surface area contributed by atoms with Crippen molar-refractivity contribution in [1.82, 2.24) is 0 Å². The molecule has 5 nitrogen and oxygen atoms in total. The normalized spacial score (nSPS) is 24.7. The lowest BCUT2D eigenvalue weighted by Crippen LogP contribution is -2.44. The Bertz CT molecular complexity index is 715. The van der Waals surface area contributed by atoms with E-state index < -0.39 is 17.4 Å². The molecule has 0 aromatic heterocycles. The van der Waals surface area contributed by atoms with Gasteiger partial charge in [0.1, 0.15) is 0 Å². The van der Waals surface area contributed by atoms with Crippen LogP contribution in [0.3, 0.4) is 0 Å². The van der Waals surface area contributed by atoms with Gasteiger partial charge in [0.05, 0.1) is 14.2 Å². The highest BCUT2D eigenvalue weighted by molar-refractivity contribution is 6.24. The zero-order valence-corrected chi connectivity index (χ0v) is 14.0. The van der Waals surface area contributed by atoms with Gasteiger partial charge in [-0.05, 0) is 23.8 Å². The summed E-state index contributed by atoms with van der Waals surface area (Å²) in [5.41, 5.74) is 0.971. The van der Waals surface area contributed by atoms with Crippen molar-refractivity contribution in [2.24, 2.45) is 17.3 Å². The van der Waals surface area contributed by atoms with Gasteiger partial charge in [0, 0.05) is 12.0 Å². The average molecular weight is 328 g/mol. The predicted octanol–water partition coefficient (Wildman–Crippen LogP) is 2.40. The van der Waals surface area contributed by atoms with Crippen LogP contribution in [0, 0.1) is 17.3 Å². The summed E-state index contributed by atoms with van der Waals surface area (Å²) in [7, 11) is 2.54. The Morgan fingerprint density at radius 1 is 1.08 bits per heavy atom. The number of esters is 2. The molecule has 0 spiro atoms. The van der Waals surface area contributed by atoms with Crippen molar-refractivity contribution in [3.63, 3.8) is 0 Å². The van der Waals surface area contributed by atoms with Gasteiger partial charge in [-0.1, -0.05) is 42.8 Å². The third kappa shape index (κ3) is 2.11. The number of carbonyl (C=O) groups excluding carboxylic acids is 3. The van der Waals surface area contributed by atoms with Gasteiger partial charge in [-0.25, -0.2) is 0 Å². The molecule has 0 heterocycles. The van der Waals surface area contributed by atoms with Crippen molar-refractivity contribution in [2.75, 3.05) is 14.2 Å². The second-order valence-electron chi connectivity index (χ2n) is 6.42. The molecule has 1 aromatic carbocycles. The van der Waals surface area contributed by atoms with Crippen molar-refractivity contribution in [3.05, 3.63) is 41.5 Å². The maximum Gasteiger partial charge on any atom is 0.323 e. The SMILES string of the molecule is COC(=O)C1(C(=O)OC)CC2=C(c3ccccc3)C(=O)C[C@H]2[C@H]1C. The van der Waals surface area contributed by atoms with Gasteiger partial charge >= 0.3 is 11.9 Å². The third-order valence-corrected chi connectivity index (χ3v) is 5.46. The lowest BCUT2D eigenvalue weighted by molar-refractivity contribution is -0.172. The number of hydrogen-bond donors (Lipinski definition) is 0. The van der Waals surface area contributed by atoms with Crippen LogP contribution in [0.1, 0.15) is 25.3 Å². The maximum absolute atomic E-state index is 12.5. The summed E-state index contributed by atoms with van der Waals surface area (Å²) in [4.78, 5) is 37.5. The van der Waals surface area contributed by atoms with Gasteiger partial charge < -0.3 is 9.47 Å². The first kappa shape index (κ1) is 16.4. The summed E-state index contributed by atoms with van der Waals surface area (Å²) in [5.74, 6) is -1.60. The van der Waals surface area contributed by atoms with E-state index in [1.54, 1.807) is 0 Å². The molecule has 2 aliphatic carbocycles. The van der Waals surface area contributed by atoms with E-state index in [1.165, 1.54) is 14.2 Å². The van der Waals surface area contributed by atoms with Crippen LogP contribution in [0.4, 0.5) is 0 Å².